The number of carbonyl (C=O) groups is 1. The summed E-state index contributed by atoms with van der Waals surface area (Å²) in [6, 6.07) is 28.6. The number of hydrogen-bond donors (Lipinski definition) is 0. The fraction of sp³-hybridized carbons (Fsp3) is 0.200. The number of rotatable bonds is 9. The SMILES string of the molecule is O=C1c2c(c(OS(=O)(=O)N3CCOCC3)c3cccnc3c2OC(c2ccccc2)c2ccccc2)CN1Cc1ccc(F)cc1. The Balaban J connectivity index is 1.39. The van der Waals surface area contributed by atoms with Crippen LogP contribution in [0, 0.1) is 5.82 Å². The van der Waals surface area contributed by atoms with Crippen molar-refractivity contribution >= 4 is 27.1 Å². The number of morpholine rings is 1. The zero-order valence-electron chi connectivity index (χ0n) is 24.7. The van der Waals surface area contributed by atoms with Crippen molar-refractivity contribution in [2.75, 3.05) is 26.3 Å². The van der Waals surface area contributed by atoms with Crippen LogP contribution in [0.1, 0.15) is 38.7 Å². The van der Waals surface area contributed by atoms with Crippen LogP contribution >= 0.6 is 0 Å². The smallest absolute Gasteiger partial charge is 0.385 e. The van der Waals surface area contributed by atoms with Crippen LogP contribution in [-0.4, -0.2) is 54.8 Å². The van der Waals surface area contributed by atoms with Gasteiger partial charge in [0.1, 0.15) is 17.4 Å². The lowest BCUT2D eigenvalue weighted by molar-refractivity contribution is 0.0698. The van der Waals surface area contributed by atoms with Crippen molar-refractivity contribution in [2.24, 2.45) is 0 Å². The summed E-state index contributed by atoms with van der Waals surface area (Å²) in [7, 11) is -4.26. The average Bonchev–Trinajstić information content (AvgIpc) is 3.41. The molecule has 0 unspecified atom stereocenters. The second-order valence-electron chi connectivity index (χ2n) is 11.1. The first kappa shape index (κ1) is 29.8. The molecule has 7 rings (SSSR count). The van der Waals surface area contributed by atoms with E-state index in [9.17, 15) is 17.6 Å². The highest BCUT2D eigenvalue weighted by Crippen LogP contribution is 2.47. The van der Waals surface area contributed by atoms with Gasteiger partial charge >= 0.3 is 10.3 Å². The highest BCUT2D eigenvalue weighted by Gasteiger charge is 2.39. The van der Waals surface area contributed by atoms with Gasteiger partial charge < -0.3 is 18.6 Å². The van der Waals surface area contributed by atoms with Crippen LogP contribution in [-0.2, 0) is 28.1 Å². The average molecular weight is 640 g/mol. The minimum absolute atomic E-state index is 0.0304. The van der Waals surface area contributed by atoms with Gasteiger partial charge in [-0.25, -0.2) is 4.39 Å². The molecule has 46 heavy (non-hydrogen) atoms. The van der Waals surface area contributed by atoms with E-state index in [2.05, 4.69) is 4.98 Å². The first-order chi connectivity index (χ1) is 22.4. The standard InChI is InChI=1S/C35H30FN3O6S/c36-27-15-13-24(14-16-27)22-38-23-29-30(35(38)40)34(44-32(25-8-3-1-4-9-25)26-10-5-2-6-11-26)31-28(12-7-17-37-31)33(29)45-46(41,42)39-18-20-43-21-19-39/h1-17,32H,18-23H2. The number of pyridine rings is 1. The first-order valence-electron chi connectivity index (χ1n) is 14.9. The van der Waals surface area contributed by atoms with Gasteiger partial charge in [0.05, 0.1) is 25.3 Å². The van der Waals surface area contributed by atoms with Crippen LogP contribution < -0.4 is 8.92 Å². The molecule has 234 valence electrons. The van der Waals surface area contributed by atoms with E-state index in [1.54, 1.807) is 35.4 Å². The van der Waals surface area contributed by atoms with E-state index >= 15 is 0 Å². The van der Waals surface area contributed by atoms with E-state index in [1.165, 1.54) is 16.4 Å². The number of ether oxygens (including phenoxy) is 2. The maximum absolute atomic E-state index is 14.3. The molecular formula is C35H30FN3O6S. The molecule has 5 aromatic rings. The van der Waals surface area contributed by atoms with Gasteiger partial charge in [-0.1, -0.05) is 72.8 Å². The molecule has 0 bridgehead atoms. The molecule has 1 aromatic heterocycles. The van der Waals surface area contributed by atoms with Crippen LogP contribution in [0.4, 0.5) is 4.39 Å². The predicted octanol–water partition coefficient (Wildman–Crippen LogP) is 5.65. The Morgan fingerprint density at radius 1 is 0.848 bits per heavy atom. The predicted molar refractivity (Wildman–Crippen MR) is 169 cm³/mol. The second-order valence-corrected chi connectivity index (χ2v) is 12.6. The molecule has 0 aliphatic carbocycles. The van der Waals surface area contributed by atoms with Crippen LogP contribution in [0.5, 0.6) is 11.5 Å². The van der Waals surface area contributed by atoms with Crippen LogP contribution in [0.3, 0.4) is 0 Å². The summed E-state index contributed by atoms with van der Waals surface area (Å²) in [5.41, 5.74) is 3.27. The van der Waals surface area contributed by atoms with Gasteiger partial charge in [0.25, 0.3) is 5.91 Å². The summed E-state index contributed by atoms with van der Waals surface area (Å²) < 4.78 is 60.2. The summed E-state index contributed by atoms with van der Waals surface area (Å²) in [6.45, 7) is 0.996. The van der Waals surface area contributed by atoms with E-state index in [0.29, 0.717) is 22.0 Å². The van der Waals surface area contributed by atoms with Crippen LogP contribution in [0.2, 0.25) is 0 Å². The number of benzene rings is 4. The largest absolute Gasteiger partial charge is 0.478 e. The molecule has 0 saturated carbocycles. The molecule has 1 amide bonds. The van der Waals surface area contributed by atoms with E-state index in [4.69, 9.17) is 13.7 Å². The highest BCUT2D eigenvalue weighted by molar-refractivity contribution is 7.84. The van der Waals surface area contributed by atoms with Crippen molar-refractivity contribution < 1.29 is 31.3 Å². The van der Waals surface area contributed by atoms with Crippen molar-refractivity contribution in [3.63, 3.8) is 0 Å². The fourth-order valence-corrected chi connectivity index (χ4v) is 6.98. The lowest BCUT2D eigenvalue weighted by atomic mass is 9.99. The number of fused-ring (bicyclic) bond motifs is 2. The van der Waals surface area contributed by atoms with Crippen LogP contribution in [0.15, 0.2) is 103 Å². The molecule has 4 aromatic carbocycles. The van der Waals surface area contributed by atoms with Crippen molar-refractivity contribution in [1.82, 2.24) is 14.2 Å². The third-order valence-corrected chi connectivity index (χ3v) is 9.50. The van der Waals surface area contributed by atoms with Gasteiger partial charge in [0.2, 0.25) is 0 Å². The van der Waals surface area contributed by atoms with E-state index in [0.717, 1.165) is 11.1 Å². The Bertz CT molecular complexity index is 1950. The molecule has 3 heterocycles. The van der Waals surface area contributed by atoms with Crippen molar-refractivity contribution in [2.45, 2.75) is 19.2 Å². The van der Waals surface area contributed by atoms with Gasteiger partial charge in [-0.3, -0.25) is 9.78 Å². The Morgan fingerprint density at radius 2 is 1.50 bits per heavy atom. The van der Waals surface area contributed by atoms with Crippen LogP contribution in [0.25, 0.3) is 10.9 Å². The van der Waals surface area contributed by atoms with Gasteiger partial charge in [0, 0.05) is 36.8 Å². The summed E-state index contributed by atoms with van der Waals surface area (Å²) in [4.78, 5) is 20.5. The molecule has 2 aliphatic rings. The molecule has 1 fully saturated rings. The molecule has 0 spiro atoms. The minimum atomic E-state index is -4.26. The topological polar surface area (TPSA) is 98.3 Å². The zero-order chi connectivity index (χ0) is 31.7. The van der Waals surface area contributed by atoms with Crippen molar-refractivity contribution in [3.8, 4) is 11.5 Å². The maximum Gasteiger partial charge on any atom is 0.385 e. The first-order valence-corrected chi connectivity index (χ1v) is 16.3. The molecular weight excluding hydrogens is 609 g/mol. The van der Waals surface area contributed by atoms with Crippen molar-refractivity contribution in [3.05, 3.63) is 137 Å². The number of aromatic nitrogens is 1. The number of amides is 1. The maximum atomic E-state index is 14.3. The number of halogens is 1. The summed E-state index contributed by atoms with van der Waals surface area (Å²) in [6.07, 6.45) is 0.955. The zero-order valence-corrected chi connectivity index (χ0v) is 25.5. The lowest BCUT2D eigenvalue weighted by Crippen LogP contribution is -2.42. The third kappa shape index (κ3) is 5.80. The Hall–Kier alpha value is -4.84. The minimum Gasteiger partial charge on any atom is -0.478 e. The van der Waals surface area contributed by atoms with E-state index in [-0.39, 0.29) is 68.2 Å². The molecule has 0 atom stereocenters. The third-order valence-electron chi connectivity index (χ3n) is 8.12. The molecule has 9 nitrogen and oxygen atoms in total. The summed E-state index contributed by atoms with van der Waals surface area (Å²) >= 11 is 0. The van der Waals surface area contributed by atoms with E-state index < -0.39 is 16.4 Å². The highest BCUT2D eigenvalue weighted by atomic mass is 32.2. The number of carbonyl (C=O) groups excluding carboxylic acids is 1. The van der Waals surface area contributed by atoms with Gasteiger partial charge in [-0.15, -0.1) is 0 Å². The Labute approximate surface area is 266 Å². The second kappa shape index (κ2) is 12.5. The van der Waals surface area contributed by atoms with E-state index in [1.807, 2.05) is 60.7 Å². The quantitative estimate of drug-likeness (QED) is 0.206. The molecule has 0 radical (unpaired) electrons. The summed E-state index contributed by atoms with van der Waals surface area (Å²) in [5.74, 6) is -0.506. The number of hydrogen-bond acceptors (Lipinski definition) is 7. The molecule has 1 saturated heterocycles. The Morgan fingerprint density at radius 3 is 2.15 bits per heavy atom. The molecule has 11 heteroatoms. The van der Waals surface area contributed by atoms with Gasteiger partial charge in [-0.2, -0.15) is 12.7 Å². The monoisotopic (exact) mass is 639 g/mol. The molecule has 0 N–H and O–H groups in total. The van der Waals surface area contributed by atoms with Gasteiger partial charge in [-0.05, 0) is 41.0 Å². The summed E-state index contributed by atoms with van der Waals surface area (Å²) in [5, 5.41) is 0.393. The molecule has 2 aliphatic heterocycles. The van der Waals surface area contributed by atoms with Crippen molar-refractivity contribution in [1.29, 1.82) is 0 Å². The normalized spacial score (nSPS) is 15.3. The lowest BCUT2D eigenvalue weighted by Gasteiger charge is -2.26. The number of nitrogens with zero attached hydrogens (tertiary/aromatic N) is 3. The Kier molecular flexibility index (Phi) is 8.12. The van der Waals surface area contributed by atoms with Gasteiger partial charge in [0.15, 0.2) is 11.5 Å². The fourth-order valence-electron chi connectivity index (χ4n) is 5.88.